The summed E-state index contributed by atoms with van der Waals surface area (Å²) in [5.41, 5.74) is 0. The zero-order valence-electron chi connectivity index (χ0n) is 7.53. The van der Waals surface area contributed by atoms with Crippen LogP contribution in [0.3, 0.4) is 0 Å². The first-order valence-electron chi connectivity index (χ1n) is 3.88. The van der Waals surface area contributed by atoms with Crippen molar-refractivity contribution in [2.24, 2.45) is 0 Å². The highest BCUT2D eigenvalue weighted by molar-refractivity contribution is 7.94. The second-order valence-corrected chi connectivity index (χ2v) is 4.35. The number of hydrogen-bond donors (Lipinski definition) is 1. The van der Waals surface area contributed by atoms with Gasteiger partial charge in [0.2, 0.25) is 9.84 Å². The molecule has 1 rings (SSSR count). The standard InChI is InChI=1S/C9H8O5S/c10-9(11)14-6-7-15(12,13)8-4-2-1-3-5-8/h1-7H,(H,10,11). The van der Waals surface area contributed by atoms with Crippen LogP contribution < -0.4 is 0 Å². The van der Waals surface area contributed by atoms with Crippen molar-refractivity contribution < 1.29 is 23.1 Å². The van der Waals surface area contributed by atoms with Crippen LogP contribution in [0.5, 0.6) is 0 Å². The highest BCUT2D eigenvalue weighted by Gasteiger charge is 2.09. The summed E-state index contributed by atoms with van der Waals surface area (Å²) in [6.45, 7) is 0. The molecule has 15 heavy (non-hydrogen) atoms. The maximum absolute atomic E-state index is 11.5. The fourth-order valence-corrected chi connectivity index (χ4v) is 1.74. The molecule has 5 nitrogen and oxygen atoms in total. The van der Waals surface area contributed by atoms with Gasteiger partial charge in [-0.3, -0.25) is 0 Å². The molecule has 1 aromatic rings. The Morgan fingerprint density at radius 1 is 1.27 bits per heavy atom. The normalized spacial score (nSPS) is 11.5. The first kappa shape index (κ1) is 11.3. The zero-order valence-corrected chi connectivity index (χ0v) is 8.35. The molecule has 6 heteroatoms. The predicted octanol–water partition coefficient (Wildman–Crippen LogP) is 1.63. The average Bonchev–Trinajstić information content (AvgIpc) is 2.18. The molecule has 0 amide bonds. The summed E-state index contributed by atoms with van der Waals surface area (Å²) in [5.74, 6) is 0. The van der Waals surface area contributed by atoms with E-state index in [-0.39, 0.29) is 4.90 Å². The Hall–Kier alpha value is -1.82. The van der Waals surface area contributed by atoms with Crippen molar-refractivity contribution in [3.8, 4) is 0 Å². The summed E-state index contributed by atoms with van der Waals surface area (Å²) in [4.78, 5) is 10.0. The van der Waals surface area contributed by atoms with Crippen LogP contribution >= 0.6 is 0 Å². The Kier molecular flexibility index (Phi) is 3.46. The molecule has 0 aliphatic rings. The molecule has 0 radical (unpaired) electrons. The molecule has 0 aliphatic carbocycles. The monoisotopic (exact) mass is 228 g/mol. The zero-order chi connectivity index (χ0) is 11.3. The van der Waals surface area contributed by atoms with E-state index in [2.05, 4.69) is 4.74 Å². The number of hydrogen-bond acceptors (Lipinski definition) is 4. The smallest absolute Gasteiger partial charge is 0.449 e. The number of carboxylic acid groups (broad SMARTS) is 1. The van der Waals surface area contributed by atoms with E-state index in [1.165, 1.54) is 12.1 Å². The Morgan fingerprint density at radius 3 is 2.40 bits per heavy atom. The van der Waals surface area contributed by atoms with Gasteiger partial charge in [0, 0.05) is 0 Å². The number of rotatable bonds is 3. The van der Waals surface area contributed by atoms with E-state index in [1.807, 2.05) is 0 Å². The molecule has 0 saturated carbocycles. The van der Waals surface area contributed by atoms with Crippen molar-refractivity contribution in [2.45, 2.75) is 4.90 Å². The van der Waals surface area contributed by atoms with Gasteiger partial charge in [-0.05, 0) is 12.1 Å². The summed E-state index contributed by atoms with van der Waals surface area (Å²) < 4.78 is 26.9. The molecule has 1 N–H and O–H groups in total. The van der Waals surface area contributed by atoms with Crippen LogP contribution in [-0.2, 0) is 14.6 Å². The van der Waals surface area contributed by atoms with Crippen molar-refractivity contribution in [3.63, 3.8) is 0 Å². The summed E-state index contributed by atoms with van der Waals surface area (Å²) in [6, 6.07) is 7.62. The van der Waals surface area contributed by atoms with Crippen LogP contribution in [0.25, 0.3) is 0 Å². The third kappa shape index (κ3) is 3.43. The van der Waals surface area contributed by atoms with Crippen molar-refractivity contribution in [2.75, 3.05) is 0 Å². The molecule has 80 valence electrons. The summed E-state index contributed by atoms with van der Waals surface area (Å²) in [7, 11) is -3.62. The number of carbonyl (C=O) groups is 1. The highest BCUT2D eigenvalue weighted by Crippen LogP contribution is 2.10. The van der Waals surface area contributed by atoms with Gasteiger partial charge in [-0.2, -0.15) is 0 Å². The van der Waals surface area contributed by atoms with E-state index in [0.717, 1.165) is 0 Å². The molecular weight excluding hydrogens is 220 g/mol. The molecule has 0 unspecified atom stereocenters. The SMILES string of the molecule is O=C(O)OC=CS(=O)(=O)c1ccccc1. The van der Waals surface area contributed by atoms with E-state index in [9.17, 15) is 13.2 Å². The molecule has 0 aromatic heterocycles. The van der Waals surface area contributed by atoms with Crippen molar-refractivity contribution in [3.05, 3.63) is 42.0 Å². The molecule has 0 bridgehead atoms. The Morgan fingerprint density at radius 2 is 1.87 bits per heavy atom. The molecule has 1 aromatic carbocycles. The van der Waals surface area contributed by atoms with Gasteiger partial charge in [0.15, 0.2) is 0 Å². The van der Waals surface area contributed by atoms with Gasteiger partial charge in [-0.25, -0.2) is 13.2 Å². The van der Waals surface area contributed by atoms with Gasteiger partial charge in [0.05, 0.1) is 10.3 Å². The lowest BCUT2D eigenvalue weighted by molar-refractivity contribution is 0.128. The molecular formula is C9H8O5S. The molecule has 0 saturated heterocycles. The van der Waals surface area contributed by atoms with E-state index in [4.69, 9.17) is 5.11 Å². The first-order valence-corrected chi connectivity index (χ1v) is 5.43. The number of sulfone groups is 1. The van der Waals surface area contributed by atoms with E-state index in [1.54, 1.807) is 18.2 Å². The number of benzene rings is 1. The van der Waals surface area contributed by atoms with Crippen LogP contribution in [0.4, 0.5) is 4.79 Å². The maximum Gasteiger partial charge on any atom is 0.510 e. The summed E-state index contributed by atoms with van der Waals surface area (Å²) in [5, 5.41) is 8.80. The van der Waals surface area contributed by atoms with Crippen LogP contribution in [0.15, 0.2) is 46.9 Å². The van der Waals surface area contributed by atoms with Gasteiger partial charge in [-0.15, -0.1) is 0 Å². The molecule has 0 heterocycles. The van der Waals surface area contributed by atoms with Crippen LogP contribution in [0.1, 0.15) is 0 Å². The third-order valence-corrected chi connectivity index (χ3v) is 2.87. The van der Waals surface area contributed by atoms with Crippen LogP contribution in [0, 0.1) is 0 Å². The predicted molar refractivity (Wildman–Crippen MR) is 51.9 cm³/mol. The molecule has 0 spiro atoms. The average molecular weight is 228 g/mol. The van der Waals surface area contributed by atoms with Crippen LogP contribution in [0.2, 0.25) is 0 Å². The van der Waals surface area contributed by atoms with Crippen molar-refractivity contribution in [1.29, 1.82) is 0 Å². The van der Waals surface area contributed by atoms with Gasteiger partial charge in [0.1, 0.15) is 6.26 Å². The minimum atomic E-state index is -3.62. The lowest BCUT2D eigenvalue weighted by Gasteiger charge is -1.96. The van der Waals surface area contributed by atoms with Crippen LogP contribution in [-0.4, -0.2) is 19.7 Å². The summed E-state index contributed by atoms with van der Waals surface area (Å²) in [6.07, 6.45) is -0.945. The topological polar surface area (TPSA) is 80.7 Å². The van der Waals surface area contributed by atoms with Gasteiger partial charge in [-0.1, -0.05) is 18.2 Å². The number of ether oxygens (including phenoxy) is 1. The Balaban J connectivity index is 2.86. The van der Waals surface area contributed by atoms with E-state index >= 15 is 0 Å². The fraction of sp³-hybridized carbons (Fsp3) is 0. The summed E-state index contributed by atoms with van der Waals surface area (Å²) >= 11 is 0. The molecule has 0 aliphatic heterocycles. The second kappa shape index (κ2) is 4.61. The van der Waals surface area contributed by atoms with E-state index < -0.39 is 16.0 Å². The van der Waals surface area contributed by atoms with Gasteiger partial charge >= 0.3 is 6.16 Å². The lowest BCUT2D eigenvalue weighted by atomic mass is 10.4. The first-order chi connectivity index (χ1) is 7.02. The maximum atomic E-state index is 11.5. The molecule has 0 fully saturated rings. The largest absolute Gasteiger partial charge is 0.510 e. The second-order valence-electron chi connectivity index (χ2n) is 2.51. The lowest BCUT2D eigenvalue weighted by Crippen LogP contribution is -1.98. The van der Waals surface area contributed by atoms with Gasteiger partial charge < -0.3 is 9.84 Å². The quantitative estimate of drug-likeness (QED) is 0.628. The molecule has 0 atom stereocenters. The third-order valence-electron chi connectivity index (χ3n) is 1.48. The minimum absolute atomic E-state index is 0.0789. The fourth-order valence-electron chi connectivity index (χ4n) is 0.848. The Labute approximate surface area is 86.5 Å². The van der Waals surface area contributed by atoms with Gasteiger partial charge in [0.25, 0.3) is 0 Å². The van der Waals surface area contributed by atoms with Crippen molar-refractivity contribution in [1.82, 2.24) is 0 Å². The van der Waals surface area contributed by atoms with Crippen molar-refractivity contribution >= 4 is 16.0 Å². The highest BCUT2D eigenvalue weighted by atomic mass is 32.2. The van der Waals surface area contributed by atoms with E-state index in [0.29, 0.717) is 11.7 Å². The Bertz CT molecular complexity index is 461. The minimum Gasteiger partial charge on any atom is -0.449 e.